The van der Waals surface area contributed by atoms with Crippen LogP contribution in [0.25, 0.3) is 0 Å². The molecule has 1 nitrogen and oxygen atoms in total. The van der Waals surface area contributed by atoms with Gasteiger partial charge in [0.1, 0.15) is 0 Å². The van der Waals surface area contributed by atoms with Crippen LogP contribution in [0.1, 0.15) is 17.4 Å². The van der Waals surface area contributed by atoms with Crippen molar-refractivity contribution in [2.45, 2.75) is 12.5 Å². The molecule has 78 valence electrons. The molecule has 1 aromatic carbocycles. The smallest absolute Gasteiger partial charge is 0.0730 e. The van der Waals surface area contributed by atoms with Crippen molar-refractivity contribution in [1.29, 1.82) is 0 Å². The summed E-state index contributed by atoms with van der Waals surface area (Å²) in [6.07, 6.45) is 0. The van der Waals surface area contributed by atoms with Gasteiger partial charge >= 0.3 is 0 Å². The van der Waals surface area contributed by atoms with Gasteiger partial charge in [0.15, 0.2) is 0 Å². The van der Waals surface area contributed by atoms with Crippen molar-refractivity contribution in [1.82, 2.24) is 0 Å². The molecule has 0 fully saturated rings. The second-order valence-electron chi connectivity index (χ2n) is 3.69. The molecule has 2 N–H and O–H groups in total. The van der Waals surface area contributed by atoms with Crippen LogP contribution < -0.4 is 5.73 Å². The normalized spacial score (nSPS) is 14.9. The third kappa shape index (κ3) is 2.07. The summed E-state index contributed by atoms with van der Waals surface area (Å²) in [5, 5.41) is 2.77. The number of hydrogen-bond donors (Lipinski definition) is 1. The van der Waals surface area contributed by atoms with Crippen LogP contribution in [0.4, 0.5) is 0 Å². The van der Waals surface area contributed by atoms with Crippen molar-refractivity contribution in [3.8, 4) is 0 Å². The Hall–Kier alpha value is -0.830. The minimum absolute atomic E-state index is 0.432. The van der Waals surface area contributed by atoms with Crippen LogP contribution in [0.5, 0.6) is 0 Å². The van der Waals surface area contributed by atoms with Crippen LogP contribution in [0.3, 0.4) is 0 Å². The van der Waals surface area contributed by atoms with E-state index < -0.39 is 5.54 Å². The van der Waals surface area contributed by atoms with Gasteiger partial charge in [-0.25, -0.2) is 0 Å². The van der Waals surface area contributed by atoms with Crippen LogP contribution in [0.2, 0.25) is 5.02 Å². The molecule has 0 spiro atoms. The van der Waals surface area contributed by atoms with Gasteiger partial charge in [0, 0.05) is 9.90 Å². The number of hydrogen-bond acceptors (Lipinski definition) is 2. The van der Waals surface area contributed by atoms with Gasteiger partial charge in [-0.15, -0.1) is 11.3 Å². The lowest BCUT2D eigenvalue weighted by atomic mass is 9.92. The highest BCUT2D eigenvalue weighted by atomic mass is 35.5. The SMILES string of the molecule is CC(N)(c1ccc(Cl)cc1)c1cccs1. The van der Waals surface area contributed by atoms with Crippen molar-refractivity contribution in [2.75, 3.05) is 0 Å². The maximum absolute atomic E-state index is 6.32. The molecule has 15 heavy (non-hydrogen) atoms. The van der Waals surface area contributed by atoms with Crippen LogP contribution in [0, 0.1) is 0 Å². The topological polar surface area (TPSA) is 26.0 Å². The van der Waals surface area contributed by atoms with E-state index >= 15 is 0 Å². The Labute approximate surface area is 98.5 Å². The summed E-state index contributed by atoms with van der Waals surface area (Å²) in [7, 11) is 0. The van der Waals surface area contributed by atoms with Gasteiger partial charge in [-0.05, 0) is 36.1 Å². The van der Waals surface area contributed by atoms with E-state index in [1.54, 1.807) is 11.3 Å². The van der Waals surface area contributed by atoms with E-state index in [1.165, 1.54) is 0 Å². The van der Waals surface area contributed by atoms with Gasteiger partial charge in [0.25, 0.3) is 0 Å². The van der Waals surface area contributed by atoms with Crippen LogP contribution >= 0.6 is 22.9 Å². The van der Waals surface area contributed by atoms with Gasteiger partial charge in [-0.1, -0.05) is 29.8 Å². The first-order valence-corrected chi connectivity index (χ1v) is 5.95. The fourth-order valence-electron chi connectivity index (χ4n) is 1.51. The van der Waals surface area contributed by atoms with Gasteiger partial charge in [0.2, 0.25) is 0 Å². The fraction of sp³-hybridized carbons (Fsp3) is 0.167. The van der Waals surface area contributed by atoms with Crippen molar-refractivity contribution in [2.24, 2.45) is 5.73 Å². The minimum atomic E-state index is -0.432. The molecule has 0 aliphatic carbocycles. The van der Waals surface area contributed by atoms with Crippen LogP contribution in [-0.2, 0) is 5.54 Å². The summed E-state index contributed by atoms with van der Waals surface area (Å²) in [4.78, 5) is 1.16. The zero-order chi connectivity index (χ0) is 10.9. The van der Waals surface area contributed by atoms with Gasteiger partial charge in [0.05, 0.1) is 5.54 Å². The standard InChI is InChI=1S/C12H12ClNS/c1-12(14,11-3-2-8-15-11)9-4-6-10(13)7-5-9/h2-8H,14H2,1H3. The molecule has 0 aliphatic heterocycles. The average Bonchev–Trinajstić information content (AvgIpc) is 2.71. The highest BCUT2D eigenvalue weighted by Crippen LogP contribution is 2.30. The molecule has 0 amide bonds. The van der Waals surface area contributed by atoms with Gasteiger partial charge in [-0.3, -0.25) is 0 Å². The maximum atomic E-state index is 6.32. The first-order chi connectivity index (χ1) is 7.10. The van der Waals surface area contributed by atoms with E-state index in [4.69, 9.17) is 17.3 Å². The Morgan fingerprint density at radius 3 is 2.40 bits per heavy atom. The lowest BCUT2D eigenvalue weighted by Crippen LogP contribution is -2.33. The molecule has 0 saturated carbocycles. The highest BCUT2D eigenvalue weighted by Gasteiger charge is 2.24. The third-order valence-electron chi connectivity index (χ3n) is 2.48. The fourth-order valence-corrected chi connectivity index (χ4v) is 2.46. The summed E-state index contributed by atoms with van der Waals surface area (Å²) < 4.78 is 0. The first-order valence-electron chi connectivity index (χ1n) is 4.69. The van der Waals surface area contributed by atoms with E-state index in [0.29, 0.717) is 0 Å². The summed E-state index contributed by atoms with van der Waals surface area (Å²) in [6.45, 7) is 2.02. The molecule has 1 unspecified atom stereocenters. The maximum Gasteiger partial charge on any atom is 0.0730 e. The zero-order valence-electron chi connectivity index (χ0n) is 8.41. The van der Waals surface area contributed by atoms with Gasteiger partial charge in [-0.2, -0.15) is 0 Å². The van der Waals surface area contributed by atoms with Crippen molar-refractivity contribution in [3.63, 3.8) is 0 Å². The number of nitrogens with two attached hydrogens (primary N) is 1. The second kappa shape index (κ2) is 3.97. The lowest BCUT2D eigenvalue weighted by Gasteiger charge is -2.23. The van der Waals surface area contributed by atoms with Crippen molar-refractivity contribution in [3.05, 3.63) is 57.2 Å². The lowest BCUT2D eigenvalue weighted by molar-refractivity contribution is 0.617. The first kappa shape index (κ1) is 10.7. The summed E-state index contributed by atoms with van der Waals surface area (Å²) >= 11 is 7.52. The van der Waals surface area contributed by atoms with Gasteiger partial charge < -0.3 is 5.73 Å². The Kier molecular flexibility index (Phi) is 2.83. The van der Waals surface area contributed by atoms with E-state index in [0.717, 1.165) is 15.5 Å². The molecule has 0 aliphatic rings. The molecule has 3 heteroatoms. The van der Waals surface area contributed by atoms with E-state index in [-0.39, 0.29) is 0 Å². The van der Waals surface area contributed by atoms with E-state index in [9.17, 15) is 0 Å². The monoisotopic (exact) mass is 237 g/mol. The van der Waals surface area contributed by atoms with E-state index in [2.05, 4.69) is 6.07 Å². The zero-order valence-corrected chi connectivity index (χ0v) is 9.98. The molecule has 2 rings (SSSR count). The predicted octanol–water partition coefficient (Wildman–Crippen LogP) is 3.62. The second-order valence-corrected chi connectivity index (χ2v) is 5.07. The summed E-state index contributed by atoms with van der Waals surface area (Å²) in [6, 6.07) is 11.8. The average molecular weight is 238 g/mol. The number of thiophene rings is 1. The molecular formula is C12H12ClNS. The number of benzene rings is 1. The third-order valence-corrected chi connectivity index (χ3v) is 3.84. The largest absolute Gasteiger partial charge is 0.317 e. The summed E-state index contributed by atoms with van der Waals surface area (Å²) in [5.74, 6) is 0. The number of halogens is 1. The van der Waals surface area contributed by atoms with Crippen LogP contribution in [-0.4, -0.2) is 0 Å². The Bertz CT molecular complexity index is 431. The molecule has 0 radical (unpaired) electrons. The quantitative estimate of drug-likeness (QED) is 0.848. The van der Waals surface area contributed by atoms with Crippen molar-refractivity contribution >= 4 is 22.9 Å². The van der Waals surface area contributed by atoms with Crippen molar-refractivity contribution < 1.29 is 0 Å². The molecule has 0 bridgehead atoms. The molecule has 0 saturated heterocycles. The summed E-state index contributed by atoms with van der Waals surface area (Å²) in [5.41, 5.74) is 6.97. The molecular weight excluding hydrogens is 226 g/mol. The van der Waals surface area contributed by atoms with E-state index in [1.807, 2.05) is 42.6 Å². The molecule has 2 aromatic rings. The minimum Gasteiger partial charge on any atom is -0.317 e. The Balaban J connectivity index is 2.41. The predicted molar refractivity (Wildman–Crippen MR) is 66.4 cm³/mol. The Morgan fingerprint density at radius 1 is 1.20 bits per heavy atom. The number of rotatable bonds is 2. The molecule has 1 heterocycles. The molecule has 1 aromatic heterocycles. The van der Waals surface area contributed by atoms with Crippen LogP contribution in [0.15, 0.2) is 41.8 Å². The highest BCUT2D eigenvalue weighted by molar-refractivity contribution is 7.10. The molecule has 1 atom stereocenters. The Morgan fingerprint density at radius 2 is 1.87 bits per heavy atom.